The van der Waals surface area contributed by atoms with Crippen LogP contribution in [0.5, 0.6) is 11.5 Å². The number of carbonyl (C=O) groups excluding carboxylic acids is 1. The van der Waals surface area contributed by atoms with Crippen molar-refractivity contribution in [3.8, 4) is 11.5 Å². The quantitative estimate of drug-likeness (QED) is 0.239. The maximum absolute atomic E-state index is 14.4. The second kappa shape index (κ2) is 13.3. The molecule has 2 N–H and O–H groups in total. The lowest BCUT2D eigenvalue weighted by molar-refractivity contribution is -0.127. The van der Waals surface area contributed by atoms with Crippen molar-refractivity contribution in [1.82, 2.24) is 10.2 Å². The Morgan fingerprint density at radius 1 is 1.03 bits per heavy atom. The Kier molecular flexibility index (Phi) is 10.5. The van der Waals surface area contributed by atoms with Crippen LogP contribution < -0.4 is 14.4 Å². The van der Waals surface area contributed by atoms with E-state index in [2.05, 4.69) is 5.32 Å². The summed E-state index contributed by atoms with van der Waals surface area (Å²) in [6.07, 6.45) is 5.57. The molecule has 2 atom stereocenters. The topological polar surface area (TPSA) is 105 Å². The highest BCUT2D eigenvalue weighted by molar-refractivity contribution is 7.98. The summed E-state index contributed by atoms with van der Waals surface area (Å²) in [6.45, 7) is 2.20. The number of carbonyl (C=O) groups is 2. The van der Waals surface area contributed by atoms with Gasteiger partial charge in [-0.1, -0.05) is 13.3 Å². The predicted octanol–water partition coefficient (Wildman–Crippen LogP) is 6.56. The summed E-state index contributed by atoms with van der Waals surface area (Å²) in [5.41, 5.74) is 0. The van der Waals surface area contributed by atoms with Crippen LogP contribution in [-0.4, -0.2) is 52.9 Å². The second-order valence-electron chi connectivity index (χ2n) is 8.37. The third-order valence-corrected chi connectivity index (χ3v) is 9.46. The van der Waals surface area contributed by atoms with E-state index in [9.17, 15) is 19.3 Å². The SMILES string of the molecule is CCC[C@H](NC(=O)C1CCCCN1C(=O)O)P(=O)(Oc1ccc(SC)cc1)Oc1ccc(SC)cc1. The van der Waals surface area contributed by atoms with E-state index in [0.29, 0.717) is 43.7 Å². The van der Waals surface area contributed by atoms with Crippen molar-refractivity contribution in [2.24, 2.45) is 0 Å². The molecule has 2 aromatic rings. The molecule has 1 unspecified atom stereocenters. The van der Waals surface area contributed by atoms with Crippen molar-refractivity contribution in [1.29, 1.82) is 0 Å². The van der Waals surface area contributed by atoms with Crippen molar-refractivity contribution in [2.45, 2.75) is 60.6 Å². The van der Waals surface area contributed by atoms with Crippen molar-refractivity contribution >= 4 is 43.1 Å². The summed E-state index contributed by atoms with van der Waals surface area (Å²) < 4.78 is 26.4. The molecular formula is C25H33N2O6PS2. The number of piperidine rings is 1. The third-order valence-electron chi connectivity index (χ3n) is 5.89. The average Bonchev–Trinajstić information content (AvgIpc) is 2.89. The highest BCUT2D eigenvalue weighted by atomic mass is 32.2. The van der Waals surface area contributed by atoms with Crippen LogP contribution in [0.25, 0.3) is 0 Å². The lowest BCUT2D eigenvalue weighted by Gasteiger charge is -2.34. The molecule has 11 heteroatoms. The Bertz CT molecular complexity index is 1010. The molecule has 0 saturated carbocycles. The second-order valence-corrected chi connectivity index (χ2v) is 12.2. The van der Waals surface area contributed by atoms with E-state index < -0.39 is 31.4 Å². The van der Waals surface area contributed by atoms with Gasteiger partial charge in [0.25, 0.3) is 0 Å². The number of hydrogen-bond donors (Lipinski definition) is 2. The minimum atomic E-state index is -4.00. The van der Waals surface area contributed by atoms with Crippen LogP contribution in [0, 0.1) is 0 Å². The zero-order valence-electron chi connectivity index (χ0n) is 20.7. The minimum absolute atomic E-state index is 0.292. The molecule has 1 aliphatic heterocycles. The van der Waals surface area contributed by atoms with Crippen LogP contribution in [0.15, 0.2) is 58.3 Å². The van der Waals surface area contributed by atoms with E-state index >= 15 is 0 Å². The highest BCUT2D eigenvalue weighted by Crippen LogP contribution is 2.53. The minimum Gasteiger partial charge on any atom is -0.465 e. The fraction of sp³-hybridized carbons (Fsp3) is 0.440. The van der Waals surface area contributed by atoms with Gasteiger partial charge in [-0.05, 0) is 86.7 Å². The molecule has 1 aliphatic rings. The molecule has 8 nitrogen and oxygen atoms in total. The van der Waals surface area contributed by atoms with Gasteiger partial charge in [-0.15, -0.1) is 23.5 Å². The summed E-state index contributed by atoms with van der Waals surface area (Å²) in [6, 6.07) is 13.5. The van der Waals surface area contributed by atoms with E-state index in [4.69, 9.17) is 9.05 Å². The van der Waals surface area contributed by atoms with Crippen molar-refractivity contribution in [2.75, 3.05) is 19.1 Å². The molecule has 36 heavy (non-hydrogen) atoms. The van der Waals surface area contributed by atoms with E-state index in [-0.39, 0.29) is 0 Å². The zero-order valence-corrected chi connectivity index (χ0v) is 23.2. The summed E-state index contributed by atoms with van der Waals surface area (Å²) in [4.78, 5) is 28.2. The van der Waals surface area contributed by atoms with E-state index in [1.807, 2.05) is 43.7 Å². The van der Waals surface area contributed by atoms with Gasteiger partial charge < -0.3 is 19.5 Å². The number of benzene rings is 2. The Hall–Kier alpha value is -2.29. The number of rotatable bonds is 11. The Morgan fingerprint density at radius 3 is 2.00 bits per heavy atom. The van der Waals surface area contributed by atoms with E-state index in [0.717, 1.165) is 21.1 Å². The first-order valence-corrected chi connectivity index (χ1v) is 15.9. The lowest BCUT2D eigenvalue weighted by Crippen LogP contribution is -2.53. The van der Waals surface area contributed by atoms with Gasteiger partial charge in [0.05, 0.1) is 0 Å². The number of nitrogens with one attached hydrogen (secondary N) is 1. The molecular weight excluding hydrogens is 519 g/mol. The van der Waals surface area contributed by atoms with Crippen LogP contribution in [0.4, 0.5) is 4.79 Å². The first-order chi connectivity index (χ1) is 17.3. The fourth-order valence-corrected chi connectivity index (χ4v) is 6.79. The van der Waals surface area contributed by atoms with E-state index in [1.165, 1.54) is 0 Å². The third kappa shape index (κ3) is 7.37. The van der Waals surface area contributed by atoms with Gasteiger partial charge in [0.1, 0.15) is 17.5 Å². The highest BCUT2D eigenvalue weighted by Gasteiger charge is 2.42. The van der Waals surface area contributed by atoms with Crippen LogP contribution in [0.1, 0.15) is 39.0 Å². The summed E-state index contributed by atoms with van der Waals surface area (Å²) in [5, 5.41) is 12.4. The van der Waals surface area contributed by atoms with Gasteiger partial charge in [-0.3, -0.25) is 9.69 Å². The molecule has 0 bridgehead atoms. The van der Waals surface area contributed by atoms with Crippen molar-refractivity contribution in [3.63, 3.8) is 0 Å². The Balaban J connectivity index is 1.91. The van der Waals surface area contributed by atoms with Gasteiger partial charge in [0.15, 0.2) is 5.78 Å². The van der Waals surface area contributed by atoms with Crippen LogP contribution in [-0.2, 0) is 9.36 Å². The van der Waals surface area contributed by atoms with Crippen molar-refractivity contribution < 1.29 is 28.3 Å². The fourth-order valence-electron chi connectivity index (χ4n) is 3.99. The maximum Gasteiger partial charge on any atom is 0.452 e. The monoisotopic (exact) mass is 552 g/mol. The Labute approximate surface area is 221 Å². The molecule has 1 saturated heterocycles. The molecule has 1 fully saturated rings. The zero-order chi connectivity index (χ0) is 26.1. The van der Waals surface area contributed by atoms with Gasteiger partial charge >= 0.3 is 13.7 Å². The maximum atomic E-state index is 14.4. The number of hydrogen-bond acceptors (Lipinski definition) is 7. The van der Waals surface area contributed by atoms with Gasteiger partial charge in [0.2, 0.25) is 5.91 Å². The number of carboxylic acid groups (broad SMARTS) is 1. The smallest absolute Gasteiger partial charge is 0.452 e. The van der Waals surface area contributed by atoms with Gasteiger partial charge in [-0.2, -0.15) is 0 Å². The standard InChI is InChI=1S/C25H33N2O6PS2/c1-4-7-23(26-24(28)22-8-5-6-17-27(22)25(29)30)34(31,32-18-9-13-20(35-2)14-10-18)33-19-11-15-21(36-3)16-12-19/h9-16,22-23H,4-8,17H2,1-3H3,(H,26,28)(H,29,30)/t22?,23-/m1/s1. The Morgan fingerprint density at radius 2 is 1.56 bits per heavy atom. The summed E-state index contributed by atoms with van der Waals surface area (Å²) in [5.74, 6) is -0.736. The number of nitrogens with zero attached hydrogens (tertiary/aromatic N) is 1. The first kappa shape index (κ1) is 28.3. The number of thioether (sulfide) groups is 2. The molecule has 0 aliphatic carbocycles. The summed E-state index contributed by atoms with van der Waals surface area (Å²) >= 11 is 3.15. The van der Waals surface area contributed by atoms with Gasteiger partial charge in [-0.25, -0.2) is 9.36 Å². The molecule has 1 heterocycles. The number of likely N-dealkylation sites (tertiary alicyclic amines) is 1. The molecule has 196 valence electrons. The average molecular weight is 553 g/mol. The molecule has 0 aromatic heterocycles. The van der Waals surface area contributed by atoms with Crippen LogP contribution >= 0.6 is 31.1 Å². The van der Waals surface area contributed by atoms with Crippen LogP contribution in [0.2, 0.25) is 0 Å². The number of amides is 2. The first-order valence-electron chi connectivity index (χ1n) is 11.9. The molecule has 3 rings (SSSR count). The van der Waals surface area contributed by atoms with Crippen LogP contribution in [0.3, 0.4) is 0 Å². The molecule has 2 amide bonds. The van der Waals surface area contributed by atoms with E-state index in [1.54, 1.807) is 47.8 Å². The van der Waals surface area contributed by atoms with Crippen molar-refractivity contribution in [3.05, 3.63) is 48.5 Å². The molecule has 2 aromatic carbocycles. The molecule has 0 spiro atoms. The molecule has 0 radical (unpaired) electrons. The predicted molar refractivity (Wildman–Crippen MR) is 145 cm³/mol. The normalized spacial score (nSPS) is 16.8. The van der Waals surface area contributed by atoms with Gasteiger partial charge in [0, 0.05) is 16.3 Å². The summed E-state index contributed by atoms with van der Waals surface area (Å²) in [7, 11) is -4.00. The lowest BCUT2D eigenvalue weighted by atomic mass is 10.0. The largest absolute Gasteiger partial charge is 0.465 e.